The molecule has 3 unspecified atom stereocenters. The van der Waals surface area contributed by atoms with E-state index in [9.17, 15) is 0 Å². The zero-order chi connectivity index (χ0) is 8.60. The zero-order valence-corrected chi connectivity index (χ0v) is 8.40. The Morgan fingerprint density at radius 1 is 1.08 bits per heavy atom. The normalized spacial score (nSPS) is 48.5. The maximum Gasteiger partial charge on any atom is 0.0210 e. The molecule has 1 N–H and O–H groups in total. The first-order valence-electron chi connectivity index (χ1n) is 5.51. The van der Waals surface area contributed by atoms with E-state index in [2.05, 4.69) is 19.2 Å². The molecule has 12 heavy (non-hydrogen) atoms. The summed E-state index contributed by atoms with van der Waals surface area (Å²) in [6.45, 7) is 4.76. The monoisotopic (exact) mass is 167 g/mol. The molecule has 1 spiro atoms. The van der Waals surface area contributed by atoms with Crippen LogP contribution < -0.4 is 5.32 Å². The molecule has 0 amide bonds. The predicted molar refractivity (Wildman–Crippen MR) is 52.2 cm³/mol. The third kappa shape index (κ3) is 1.28. The lowest BCUT2D eigenvalue weighted by molar-refractivity contribution is 0.173. The molecule has 2 fully saturated rings. The van der Waals surface area contributed by atoms with Gasteiger partial charge in [-0.15, -0.1) is 0 Å². The van der Waals surface area contributed by atoms with E-state index in [4.69, 9.17) is 0 Å². The minimum Gasteiger partial charge on any atom is -0.309 e. The van der Waals surface area contributed by atoms with E-state index in [0.717, 1.165) is 12.0 Å². The van der Waals surface area contributed by atoms with E-state index in [1.807, 2.05) is 0 Å². The van der Waals surface area contributed by atoms with Crippen LogP contribution in [0, 0.1) is 5.92 Å². The fourth-order valence-electron chi connectivity index (χ4n) is 3.11. The highest BCUT2D eigenvalue weighted by Gasteiger charge is 2.42. The maximum atomic E-state index is 3.82. The van der Waals surface area contributed by atoms with E-state index < -0.39 is 0 Å². The van der Waals surface area contributed by atoms with Crippen molar-refractivity contribution in [1.82, 2.24) is 5.32 Å². The Labute approximate surface area is 75.9 Å². The lowest BCUT2D eigenvalue weighted by Gasteiger charge is -2.40. The van der Waals surface area contributed by atoms with Gasteiger partial charge in [0.25, 0.3) is 0 Å². The zero-order valence-electron chi connectivity index (χ0n) is 8.40. The second-order valence-electron chi connectivity index (χ2n) is 4.89. The number of hydrogen-bond donors (Lipinski definition) is 1. The molecular formula is C11H21N. The van der Waals surface area contributed by atoms with Gasteiger partial charge in [0.1, 0.15) is 0 Å². The topological polar surface area (TPSA) is 12.0 Å². The van der Waals surface area contributed by atoms with E-state index in [0.29, 0.717) is 5.54 Å². The molecule has 1 heteroatoms. The summed E-state index contributed by atoms with van der Waals surface area (Å²) in [4.78, 5) is 0. The molecule has 0 aromatic heterocycles. The van der Waals surface area contributed by atoms with Crippen LogP contribution in [0.15, 0.2) is 0 Å². The van der Waals surface area contributed by atoms with Gasteiger partial charge in [0, 0.05) is 11.6 Å². The Hall–Kier alpha value is -0.0400. The van der Waals surface area contributed by atoms with Gasteiger partial charge in [-0.1, -0.05) is 19.8 Å². The average molecular weight is 167 g/mol. The second kappa shape index (κ2) is 3.02. The molecule has 1 aliphatic carbocycles. The van der Waals surface area contributed by atoms with Crippen molar-refractivity contribution in [3.8, 4) is 0 Å². The molecular weight excluding hydrogens is 146 g/mol. The van der Waals surface area contributed by atoms with Crippen molar-refractivity contribution in [2.24, 2.45) is 5.92 Å². The highest BCUT2D eigenvalue weighted by molar-refractivity contribution is 5.01. The first kappa shape index (κ1) is 8.55. The van der Waals surface area contributed by atoms with Crippen LogP contribution in [0.25, 0.3) is 0 Å². The molecule has 2 aliphatic rings. The lowest BCUT2D eigenvalue weighted by Crippen LogP contribution is -2.49. The summed E-state index contributed by atoms with van der Waals surface area (Å²) in [5.41, 5.74) is 0.553. The second-order valence-corrected chi connectivity index (χ2v) is 4.89. The molecule has 3 atom stereocenters. The van der Waals surface area contributed by atoms with Gasteiger partial charge in [-0.2, -0.15) is 0 Å². The minimum atomic E-state index is 0.553. The van der Waals surface area contributed by atoms with Gasteiger partial charge in [-0.05, 0) is 38.5 Å². The number of nitrogens with one attached hydrogen (secondary N) is 1. The number of hydrogen-bond acceptors (Lipinski definition) is 1. The van der Waals surface area contributed by atoms with Crippen molar-refractivity contribution in [2.45, 2.75) is 64.0 Å². The third-order valence-electron chi connectivity index (χ3n) is 4.01. The first-order chi connectivity index (χ1) is 5.73. The van der Waals surface area contributed by atoms with Crippen LogP contribution in [0.1, 0.15) is 52.4 Å². The van der Waals surface area contributed by atoms with Crippen LogP contribution >= 0.6 is 0 Å². The van der Waals surface area contributed by atoms with Crippen LogP contribution in [0.3, 0.4) is 0 Å². The van der Waals surface area contributed by atoms with Gasteiger partial charge >= 0.3 is 0 Å². The summed E-state index contributed by atoms with van der Waals surface area (Å²) in [7, 11) is 0. The first-order valence-corrected chi connectivity index (χ1v) is 5.51. The smallest absolute Gasteiger partial charge is 0.0210 e. The van der Waals surface area contributed by atoms with Crippen molar-refractivity contribution in [3.63, 3.8) is 0 Å². The Morgan fingerprint density at radius 3 is 2.50 bits per heavy atom. The number of rotatable bonds is 0. The molecule has 0 aromatic rings. The molecule has 70 valence electrons. The van der Waals surface area contributed by atoms with Crippen LogP contribution in [-0.2, 0) is 0 Å². The van der Waals surface area contributed by atoms with Gasteiger partial charge in [-0.25, -0.2) is 0 Å². The van der Waals surface area contributed by atoms with E-state index in [1.165, 1.54) is 38.5 Å². The fraction of sp³-hybridized carbons (Fsp3) is 1.00. The van der Waals surface area contributed by atoms with Crippen molar-refractivity contribution in [1.29, 1.82) is 0 Å². The summed E-state index contributed by atoms with van der Waals surface area (Å²) in [5.74, 6) is 0.913. The molecule has 1 nitrogen and oxygen atoms in total. The summed E-state index contributed by atoms with van der Waals surface area (Å²) >= 11 is 0. The van der Waals surface area contributed by atoms with Gasteiger partial charge in [-0.3, -0.25) is 0 Å². The highest BCUT2D eigenvalue weighted by atomic mass is 15.0. The maximum absolute atomic E-state index is 3.82. The van der Waals surface area contributed by atoms with Gasteiger partial charge in [0.2, 0.25) is 0 Å². The van der Waals surface area contributed by atoms with Gasteiger partial charge in [0.05, 0.1) is 0 Å². The average Bonchev–Trinajstić information content (AvgIpc) is 2.41. The van der Waals surface area contributed by atoms with Crippen LogP contribution in [0.4, 0.5) is 0 Å². The molecule has 1 heterocycles. The minimum absolute atomic E-state index is 0.553. The fourth-order valence-corrected chi connectivity index (χ4v) is 3.11. The molecule has 1 saturated heterocycles. The van der Waals surface area contributed by atoms with E-state index in [-0.39, 0.29) is 0 Å². The summed E-state index contributed by atoms with van der Waals surface area (Å²) in [6.07, 6.45) is 8.60. The molecule has 1 aliphatic heterocycles. The van der Waals surface area contributed by atoms with Gasteiger partial charge in [0.15, 0.2) is 0 Å². The largest absolute Gasteiger partial charge is 0.309 e. The Morgan fingerprint density at radius 2 is 1.92 bits per heavy atom. The van der Waals surface area contributed by atoms with E-state index in [1.54, 1.807) is 0 Å². The Kier molecular flexibility index (Phi) is 2.16. The molecule has 0 aromatic carbocycles. The highest BCUT2D eigenvalue weighted by Crippen LogP contribution is 2.40. The Bertz CT molecular complexity index is 162. The van der Waals surface area contributed by atoms with Crippen molar-refractivity contribution in [2.75, 3.05) is 0 Å². The summed E-state index contributed by atoms with van der Waals surface area (Å²) < 4.78 is 0. The van der Waals surface area contributed by atoms with Crippen LogP contribution in [0.5, 0.6) is 0 Å². The molecule has 0 bridgehead atoms. The van der Waals surface area contributed by atoms with Crippen molar-refractivity contribution in [3.05, 3.63) is 0 Å². The van der Waals surface area contributed by atoms with Crippen LogP contribution in [0.2, 0.25) is 0 Å². The molecule has 1 saturated carbocycles. The predicted octanol–water partition coefficient (Wildman–Crippen LogP) is 2.71. The Balaban J connectivity index is 2.07. The standard InChI is InChI=1S/C11H21N/c1-9-5-3-4-7-11(9)8-6-10(2)12-11/h9-10,12H,3-8H2,1-2H3. The summed E-state index contributed by atoms with van der Waals surface area (Å²) in [6, 6.07) is 0.769. The lowest BCUT2D eigenvalue weighted by atomic mass is 9.73. The molecule has 0 radical (unpaired) electrons. The SMILES string of the molecule is CC1CCC2(CCCCC2C)N1. The van der Waals surface area contributed by atoms with Crippen molar-refractivity contribution >= 4 is 0 Å². The van der Waals surface area contributed by atoms with Crippen LogP contribution in [-0.4, -0.2) is 11.6 Å². The van der Waals surface area contributed by atoms with Gasteiger partial charge < -0.3 is 5.32 Å². The van der Waals surface area contributed by atoms with E-state index >= 15 is 0 Å². The molecule has 2 rings (SSSR count). The summed E-state index contributed by atoms with van der Waals surface area (Å²) in [5, 5.41) is 3.82. The third-order valence-corrected chi connectivity index (χ3v) is 4.01. The quantitative estimate of drug-likeness (QED) is 0.585. The van der Waals surface area contributed by atoms with Crippen molar-refractivity contribution < 1.29 is 0 Å².